The third-order valence-corrected chi connectivity index (χ3v) is 0.589. The van der Waals surface area contributed by atoms with Crippen LogP contribution in [-0.4, -0.2) is 24.7 Å². The number of carboxylic acid groups (broad SMARTS) is 1. The van der Waals surface area contributed by atoms with Gasteiger partial charge in [-0.25, -0.2) is 0 Å². The zero-order chi connectivity index (χ0) is 5.70. The zero-order valence-electron chi connectivity index (χ0n) is 5.09. The Morgan fingerprint density at radius 3 is 2.11 bits per heavy atom. The molecule has 0 aliphatic carbocycles. The lowest BCUT2D eigenvalue weighted by Crippen LogP contribution is -2.11. The van der Waals surface area contributed by atoms with Gasteiger partial charge in [-0.15, -0.1) is 24.8 Å². The molecule has 0 rings (SSSR count). The number of nitrogens with one attached hydrogen (secondary N) is 1. The van der Waals surface area contributed by atoms with Crippen molar-refractivity contribution in [1.82, 2.24) is 5.32 Å². The third-order valence-electron chi connectivity index (χ3n) is 0.589. The van der Waals surface area contributed by atoms with Crippen LogP contribution in [0, 0.1) is 0 Å². The van der Waals surface area contributed by atoms with Gasteiger partial charge in [0.2, 0.25) is 0 Å². The number of rotatable bonds is 3. The largest absolute Gasteiger partial charge is 0.481 e. The second kappa shape index (κ2) is 10.9. The predicted molar refractivity (Wildman–Crippen MR) is 40.7 cm³/mol. The molecule has 5 heteroatoms. The summed E-state index contributed by atoms with van der Waals surface area (Å²) in [5, 5.41) is 10.7. The average molecular weight is 176 g/mol. The van der Waals surface area contributed by atoms with E-state index in [0.29, 0.717) is 6.54 Å². The van der Waals surface area contributed by atoms with E-state index < -0.39 is 5.97 Å². The van der Waals surface area contributed by atoms with Crippen molar-refractivity contribution >= 4 is 30.8 Å². The summed E-state index contributed by atoms with van der Waals surface area (Å²) in [6.45, 7) is 0.551. The van der Waals surface area contributed by atoms with Gasteiger partial charge in [-0.1, -0.05) is 0 Å². The van der Waals surface area contributed by atoms with E-state index in [9.17, 15) is 4.79 Å². The molecule has 2 N–H and O–H groups in total. The number of carbonyl (C=O) groups is 1. The molecule has 9 heavy (non-hydrogen) atoms. The molecule has 0 aromatic carbocycles. The first-order chi connectivity index (χ1) is 3.27. The van der Waals surface area contributed by atoms with Gasteiger partial charge in [0.05, 0.1) is 6.42 Å². The Balaban J connectivity index is -0.000000180. The minimum atomic E-state index is -0.755. The van der Waals surface area contributed by atoms with Gasteiger partial charge < -0.3 is 10.4 Å². The van der Waals surface area contributed by atoms with Crippen LogP contribution in [0.5, 0.6) is 0 Å². The lowest BCUT2D eigenvalue weighted by Gasteiger charge is -1.88. The lowest BCUT2D eigenvalue weighted by atomic mass is 10.4. The summed E-state index contributed by atoms with van der Waals surface area (Å²) >= 11 is 0. The normalized spacial score (nSPS) is 6.78. The Morgan fingerprint density at radius 2 is 2.00 bits per heavy atom. The molecule has 0 saturated carbocycles. The van der Waals surface area contributed by atoms with Crippen molar-refractivity contribution in [3.63, 3.8) is 0 Å². The van der Waals surface area contributed by atoms with Crippen LogP contribution < -0.4 is 5.32 Å². The average Bonchev–Trinajstić information content (AvgIpc) is 1.61. The second-order valence-electron chi connectivity index (χ2n) is 1.25. The maximum Gasteiger partial charge on any atom is 0.304 e. The van der Waals surface area contributed by atoms with Crippen LogP contribution in [-0.2, 0) is 4.79 Å². The number of aliphatic carboxylic acids is 1. The monoisotopic (exact) mass is 175 g/mol. The molecule has 0 saturated heterocycles. The minimum absolute atomic E-state index is 0. The van der Waals surface area contributed by atoms with Crippen molar-refractivity contribution in [1.29, 1.82) is 0 Å². The number of halogens is 2. The zero-order valence-corrected chi connectivity index (χ0v) is 6.72. The van der Waals surface area contributed by atoms with E-state index in [2.05, 4.69) is 5.32 Å². The molecule has 58 valence electrons. The first kappa shape index (κ1) is 16.0. The first-order valence-electron chi connectivity index (χ1n) is 2.13. The van der Waals surface area contributed by atoms with Gasteiger partial charge in [0.25, 0.3) is 0 Å². The van der Waals surface area contributed by atoms with Crippen molar-refractivity contribution in [2.45, 2.75) is 6.42 Å². The van der Waals surface area contributed by atoms with E-state index in [1.165, 1.54) is 0 Å². The van der Waals surface area contributed by atoms with Crippen LogP contribution >= 0.6 is 24.8 Å². The topological polar surface area (TPSA) is 49.3 Å². The standard InChI is InChI=1S/C4H9NO2.2ClH/c1-5-3-2-4(6)7;;/h5H,2-3H2,1H3,(H,6,7);2*1H. The molecule has 0 amide bonds. The molecule has 0 fully saturated rings. The van der Waals surface area contributed by atoms with Gasteiger partial charge in [0.1, 0.15) is 0 Å². The van der Waals surface area contributed by atoms with E-state index in [1.807, 2.05) is 0 Å². The molecule has 0 aromatic rings. The van der Waals surface area contributed by atoms with Gasteiger partial charge in [-0.2, -0.15) is 0 Å². The molecule has 0 aliphatic rings. The van der Waals surface area contributed by atoms with Crippen LogP contribution in [0.4, 0.5) is 0 Å². The number of hydrogen-bond acceptors (Lipinski definition) is 2. The molecular formula is C4H11Cl2NO2. The highest BCUT2D eigenvalue weighted by molar-refractivity contribution is 5.85. The summed E-state index contributed by atoms with van der Waals surface area (Å²) in [6.07, 6.45) is 0.205. The molecule has 0 aromatic heterocycles. The summed E-state index contributed by atoms with van der Waals surface area (Å²) in [5.41, 5.74) is 0. The molecule has 0 spiro atoms. The Labute approximate surface area is 66.6 Å². The molecule has 0 unspecified atom stereocenters. The molecular weight excluding hydrogens is 165 g/mol. The van der Waals surface area contributed by atoms with Crippen molar-refractivity contribution in [3.05, 3.63) is 0 Å². The molecule has 0 radical (unpaired) electrons. The molecule has 0 heterocycles. The molecule has 0 bridgehead atoms. The van der Waals surface area contributed by atoms with E-state index in [-0.39, 0.29) is 31.2 Å². The fourth-order valence-electron chi connectivity index (χ4n) is 0.232. The van der Waals surface area contributed by atoms with Crippen LogP contribution in [0.15, 0.2) is 0 Å². The van der Waals surface area contributed by atoms with Crippen LogP contribution in [0.1, 0.15) is 6.42 Å². The Kier molecular flexibility index (Phi) is 19.4. The third kappa shape index (κ3) is 18.0. The lowest BCUT2D eigenvalue weighted by molar-refractivity contribution is -0.136. The highest BCUT2D eigenvalue weighted by Gasteiger charge is 1.90. The quantitative estimate of drug-likeness (QED) is 0.659. The van der Waals surface area contributed by atoms with Gasteiger partial charge >= 0.3 is 5.97 Å². The molecule has 0 atom stereocenters. The van der Waals surface area contributed by atoms with Gasteiger partial charge in [0, 0.05) is 6.54 Å². The van der Waals surface area contributed by atoms with Crippen LogP contribution in [0.2, 0.25) is 0 Å². The van der Waals surface area contributed by atoms with Crippen molar-refractivity contribution in [2.24, 2.45) is 0 Å². The van der Waals surface area contributed by atoms with E-state index >= 15 is 0 Å². The van der Waals surface area contributed by atoms with E-state index in [4.69, 9.17) is 5.11 Å². The van der Waals surface area contributed by atoms with Gasteiger partial charge in [-0.3, -0.25) is 4.79 Å². The fraction of sp³-hybridized carbons (Fsp3) is 0.750. The maximum atomic E-state index is 9.72. The Bertz CT molecular complexity index is 69.6. The smallest absolute Gasteiger partial charge is 0.304 e. The Morgan fingerprint density at radius 1 is 1.56 bits per heavy atom. The number of carboxylic acids is 1. The van der Waals surface area contributed by atoms with Crippen LogP contribution in [0.25, 0.3) is 0 Å². The summed E-state index contributed by atoms with van der Waals surface area (Å²) in [7, 11) is 1.73. The van der Waals surface area contributed by atoms with Crippen molar-refractivity contribution < 1.29 is 9.90 Å². The van der Waals surface area contributed by atoms with E-state index in [0.717, 1.165) is 0 Å². The SMILES string of the molecule is CNCCC(=O)O.Cl.Cl. The summed E-state index contributed by atoms with van der Waals surface area (Å²) in [6, 6.07) is 0. The first-order valence-corrected chi connectivity index (χ1v) is 2.13. The highest BCUT2D eigenvalue weighted by Crippen LogP contribution is 1.70. The van der Waals surface area contributed by atoms with Gasteiger partial charge in [-0.05, 0) is 7.05 Å². The van der Waals surface area contributed by atoms with Crippen molar-refractivity contribution in [3.8, 4) is 0 Å². The highest BCUT2D eigenvalue weighted by atomic mass is 35.5. The van der Waals surface area contributed by atoms with Crippen LogP contribution in [0.3, 0.4) is 0 Å². The van der Waals surface area contributed by atoms with Crippen molar-refractivity contribution in [2.75, 3.05) is 13.6 Å². The Hall–Kier alpha value is 0.01000. The predicted octanol–water partition coefficient (Wildman–Crippen LogP) is 0.524. The maximum absolute atomic E-state index is 9.72. The fourth-order valence-corrected chi connectivity index (χ4v) is 0.232. The van der Waals surface area contributed by atoms with Gasteiger partial charge in [0.15, 0.2) is 0 Å². The minimum Gasteiger partial charge on any atom is -0.481 e. The summed E-state index contributed by atoms with van der Waals surface area (Å²) < 4.78 is 0. The molecule has 0 aliphatic heterocycles. The summed E-state index contributed by atoms with van der Waals surface area (Å²) in [4.78, 5) is 9.72. The second-order valence-corrected chi connectivity index (χ2v) is 1.25. The summed E-state index contributed by atoms with van der Waals surface area (Å²) in [5.74, 6) is -0.755. The number of hydrogen-bond donors (Lipinski definition) is 2. The van der Waals surface area contributed by atoms with E-state index in [1.54, 1.807) is 7.05 Å². The molecule has 3 nitrogen and oxygen atoms in total.